The number of hydrogen-bond donors (Lipinski definition) is 0. The van der Waals surface area contributed by atoms with Crippen molar-refractivity contribution < 1.29 is 14.3 Å². The van der Waals surface area contributed by atoms with E-state index in [9.17, 15) is 4.79 Å². The summed E-state index contributed by atoms with van der Waals surface area (Å²) in [4.78, 5) is 13.4. The van der Waals surface area contributed by atoms with Crippen LogP contribution in [0.1, 0.15) is 24.1 Å². The zero-order valence-corrected chi connectivity index (χ0v) is 10.4. The molecule has 1 unspecified atom stereocenters. The second-order valence-electron chi connectivity index (χ2n) is 4.15. The molecule has 1 aromatic carbocycles. The first-order chi connectivity index (χ1) is 8.17. The van der Waals surface area contributed by atoms with Gasteiger partial charge < -0.3 is 14.4 Å². The summed E-state index contributed by atoms with van der Waals surface area (Å²) in [6.07, 6.45) is 0.588. The Morgan fingerprint density at radius 3 is 2.82 bits per heavy atom. The van der Waals surface area contributed by atoms with Gasteiger partial charge in [-0.3, -0.25) is 0 Å². The van der Waals surface area contributed by atoms with Crippen LogP contribution in [0.15, 0.2) is 18.2 Å². The maximum atomic E-state index is 11.6. The van der Waals surface area contributed by atoms with Crippen molar-refractivity contribution in [3.8, 4) is 5.75 Å². The fraction of sp³-hybridized carbons (Fsp3) is 0.462. The van der Waals surface area contributed by atoms with Crippen molar-refractivity contribution in [2.24, 2.45) is 0 Å². The van der Waals surface area contributed by atoms with Crippen LogP contribution in [-0.4, -0.2) is 31.8 Å². The van der Waals surface area contributed by atoms with E-state index in [2.05, 4.69) is 6.07 Å². The zero-order valence-electron chi connectivity index (χ0n) is 10.4. The summed E-state index contributed by atoms with van der Waals surface area (Å²) in [5.74, 6) is 0.822. The molecule has 0 radical (unpaired) electrons. The van der Waals surface area contributed by atoms with Crippen molar-refractivity contribution in [2.75, 3.05) is 20.8 Å². The number of ether oxygens (including phenoxy) is 2. The van der Waals surface area contributed by atoms with Gasteiger partial charge in [0, 0.05) is 6.54 Å². The normalized spacial score (nSPS) is 18.5. The van der Waals surface area contributed by atoms with Crippen LogP contribution in [-0.2, 0) is 11.2 Å². The van der Waals surface area contributed by atoms with Gasteiger partial charge in [-0.2, -0.15) is 0 Å². The summed E-state index contributed by atoms with van der Waals surface area (Å²) in [6, 6.07) is 6.05. The zero-order chi connectivity index (χ0) is 12.4. The second-order valence-corrected chi connectivity index (χ2v) is 4.15. The number of nitrogens with zero attached hydrogens (tertiary/aromatic N) is 1. The highest BCUT2D eigenvalue weighted by molar-refractivity contribution is 5.68. The maximum absolute atomic E-state index is 11.6. The van der Waals surface area contributed by atoms with E-state index < -0.39 is 0 Å². The number of rotatable bonds is 1. The highest BCUT2D eigenvalue weighted by atomic mass is 16.5. The van der Waals surface area contributed by atoms with Crippen LogP contribution in [0.5, 0.6) is 5.75 Å². The van der Waals surface area contributed by atoms with Gasteiger partial charge in [-0.15, -0.1) is 0 Å². The van der Waals surface area contributed by atoms with E-state index in [0.29, 0.717) is 6.54 Å². The molecule has 0 aromatic heterocycles. The number of carbonyl (C=O) groups excluding carboxylic acids is 1. The van der Waals surface area contributed by atoms with E-state index in [1.807, 2.05) is 19.1 Å². The van der Waals surface area contributed by atoms with Crippen LogP contribution in [0, 0.1) is 0 Å². The van der Waals surface area contributed by atoms with Crippen molar-refractivity contribution in [1.82, 2.24) is 4.90 Å². The largest absolute Gasteiger partial charge is 0.497 e. The van der Waals surface area contributed by atoms with Crippen LogP contribution in [0.3, 0.4) is 0 Å². The quantitative estimate of drug-likeness (QED) is 0.750. The van der Waals surface area contributed by atoms with Crippen LogP contribution in [0.25, 0.3) is 0 Å². The minimum absolute atomic E-state index is 0.0290. The van der Waals surface area contributed by atoms with Crippen molar-refractivity contribution in [1.29, 1.82) is 0 Å². The molecule has 1 atom stereocenters. The van der Waals surface area contributed by atoms with Crippen molar-refractivity contribution in [3.05, 3.63) is 29.3 Å². The fourth-order valence-corrected chi connectivity index (χ4v) is 2.29. The SMILES string of the molecule is COC(=O)N1CCc2ccc(OC)cc2C1C. The molecule has 17 heavy (non-hydrogen) atoms. The lowest BCUT2D eigenvalue weighted by atomic mass is 9.93. The lowest BCUT2D eigenvalue weighted by molar-refractivity contribution is 0.105. The van der Waals surface area contributed by atoms with E-state index in [1.54, 1.807) is 12.0 Å². The van der Waals surface area contributed by atoms with Gasteiger partial charge in [-0.25, -0.2) is 4.79 Å². The molecule has 1 aromatic rings. The van der Waals surface area contributed by atoms with Gasteiger partial charge in [0.05, 0.1) is 20.3 Å². The first kappa shape index (κ1) is 11.8. The number of fused-ring (bicyclic) bond motifs is 1. The number of amides is 1. The number of benzene rings is 1. The standard InChI is InChI=1S/C13H17NO3/c1-9-12-8-11(16-2)5-4-10(12)6-7-14(9)13(15)17-3/h4-5,8-9H,6-7H2,1-3H3. The second kappa shape index (κ2) is 4.65. The van der Waals surface area contributed by atoms with Crippen LogP contribution in [0.2, 0.25) is 0 Å². The van der Waals surface area contributed by atoms with Gasteiger partial charge in [0.25, 0.3) is 0 Å². The Balaban J connectivity index is 2.33. The first-order valence-corrected chi connectivity index (χ1v) is 5.68. The molecular weight excluding hydrogens is 218 g/mol. The van der Waals surface area contributed by atoms with E-state index >= 15 is 0 Å². The average molecular weight is 235 g/mol. The molecule has 0 spiro atoms. The average Bonchev–Trinajstić information content (AvgIpc) is 2.38. The lowest BCUT2D eigenvalue weighted by Crippen LogP contribution is -2.38. The molecule has 0 saturated heterocycles. The third-order valence-electron chi connectivity index (χ3n) is 3.30. The Hall–Kier alpha value is -1.71. The van der Waals surface area contributed by atoms with Gasteiger partial charge in [-0.05, 0) is 36.6 Å². The summed E-state index contributed by atoms with van der Waals surface area (Å²) in [5.41, 5.74) is 2.42. The monoisotopic (exact) mass is 235 g/mol. The predicted molar refractivity (Wildman–Crippen MR) is 64.2 cm³/mol. The molecule has 4 heteroatoms. The summed E-state index contributed by atoms with van der Waals surface area (Å²) in [6.45, 7) is 2.71. The molecule has 2 rings (SSSR count). The van der Waals surface area contributed by atoms with Gasteiger partial charge >= 0.3 is 6.09 Å². The Bertz CT molecular complexity index is 431. The van der Waals surface area contributed by atoms with E-state index in [-0.39, 0.29) is 12.1 Å². The molecule has 1 aliphatic rings. The molecule has 1 aliphatic heterocycles. The summed E-state index contributed by atoms with van der Waals surface area (Å²) >= 11 is 0. The topological polar surface area (TPSA) is 38.8 Å². The minimum atomic E-state index is -0.272. The molecule has 0 N–H and O–H groups in total. The first-order valence-electron chi connectivity index (χ1n) is 5.68. The smallest absolute Gasteiger partial charge is 0.409 e. The number of methoxy groups -OCH3 is 2. The van der Waals surface area contributed by atoms with Crippen LogP contribution < -0.4 is 4.74 Å². The Morgan fingerprint density at radius 1 is 1.41 bits per heavy atom. The molecule has 0 aliphatic carbocycles. The third-order valence-corrected chi connectivity index (χ3v) is 3.30. The van der Waals surface area contributed by atoms with Crippen LogP contribution >= 0.6 is 0 Å². The molecule has 1 heterocycles. The molecule has 0 bridgehead atoms. The van der Waals surface area contributed by atoms with Gasteiger partial charge in [0.2, 0.25) is 0 Å². The molecule has 1 amide bonds. The highest BCUT2D eigenvalue weighted by Gasteiger charge is 2.28. The van der Waals surface area contributed by atoms with E-state index in [0.717, 1.165) is 17.7 Å². The Labute approximate surface area is 101 Å². The van der Waals surface area contributed by atoms with E-state index in [4.69, 9.17) is 9.47 Å². The summed E-state index contributed by atoms with van der Waals surface area (Å²) < 4.78 is 10.0. The van der Waals surface area contributed by atoms with E-state index in [1.165, 1.54) is 12.7 Å². The summed E-state index contributed by atoms with van der Waals surface area (Å²) in [7, 11) is 3.06. The molecule has 0 saturated carbocycles. The number of carbonyl (C=O) groups is 1. The molecule has 4 nitrogen and oxygen atoms in total. The number of hydrogen-bond acceptors (Lipinski definition) is 3. The molecule has 0 fully saturated rings. The molecule has 92 valence electrons. The minimum Gasteiger partial charge on any atom is -0.497 e. The highest BCUT2D eigenvalue weighted by Crippen LogP contribution is 2.32. The van der Waals surface area contributed by atoms with Gasteiger partial charge in [0.1, 0.15) is 5.75 Å². The third kappa shape index (κ3) is 2.07. The Morgan fingerprint density at radius 2 is 2.18 bits per heavy atom. The molecular formula is C13H17NO3. The van der Waals surface area contributed by atoms with Crippen molar-refractivity contribution >= 4 is 6.09 Å². The van der Waals surface area contributed by atoms with Gasteiger partial charge in [0.15, 0.2) is 0 Å². The lowest BCUT2D eigenvalue weighted by Gasteiger charge is -2.34. The van der Waals surface area contributed by atoms with Gasteiger partial charge in [-0.1, -0.05) is 6.07 Å². The maximum Gasteiger partial charge on any atom is 0.409 e. The van der Waals surface area contributed by atoms with Crippen molar-refractivity contribution in [2.45, 2.75) is 19.4 Å². The Kier molecular flexibility index (Phi) is 3.22. The fourth-order valence-electron chi connectivity index (χ4n) is 2.29. The van der Waals surface area contributed by atoms with Crippen molar-refractivity contribution in [3.63, 3.8) is 0 Å². The predicted octanol–water partition coefficient (Wildman–Crippen LogP) is 2.38. The summed E-state index contributed by atoms with van der Waals surface area (Å²) in [5, 5.41) is 0. The van der Waals surface area contributed by atoms with Crippen LogP contribution in [0.4, 0.5) is 4.79 Å².